The molecule has 0 amide bonds. The first-order chi connectivity index (χ1) is 8.25. The molecular formula is C13H17N3S. The Kier molecular flexibility index (Phi) is 2.76. The molecule has 0 unspecified atom stereocenters. The Morgan fingerprint density at radius 1 is 1.53 bits per heavy atom. The van der Waals surface area contributed by atoms with E-state index in [9.17, 15) is 0 Å². The van der Waals surface area contributed by atoms with Gasteiger partial charge in [-0.25, -0.2) is 0 Å². The molecule has 0 radical (unpaired) electrons. The summed E-state index contributed by atoms with van der Waals surface area (Å²) < 4.78 is 1.95. The average Bonchev–Trinajstić information content (AvgIpc) is 2.88. The normalized spacial score (nSPS) is 20.5. The predicted molar refractivity (Wildman–Crippen MR) is 70.0 cm³/mol. The molecule has 0 saturated carbocycles. The zero-order valence-corrected chi connectivity index (χ0v) is 11.1. The Balaban J connectivity index is 1.72. The van der Waals surface area contributed by atoms with Crippen molar-refractivity contribution in [2.45, 2.75) is 25.9 Å². The largest absolute Gasteiger partial charge is 0.291 e. The minimum absolute atomic E-state index is 0.634. The van der Waals surface area contributed by atoms with Crippen molar-refractivity contribution in [2.75, 3.05) is 6.54 Å². The molecule has 2 aromatic rings. The van der Waals surface area contributed by atoms with Crippen LogP contribution in [0, 0.1) is 6.92 Å². The van der Waals surface area contributed by atoms with E-state index in [4.69, 9.17) is 0 Å². The third-order valence-electron chi connectivity index (χ3n) is 3.71. The molecule has 3 nitrogen and oxygen atoms in total. The lowest BCUT2D eigenvalue weighted by Crippen LogP contribution is -2.39. The monoisotopic (exact) mass is 247 g/mol. The van der Waals surface area contributed by atoms with Gasteiger partial charge in [0, 0.05) is 42.3 Å². The van der Waals surface area contributed by atoms with Crippen LogP contribution in [0.25, 0.3) is 0 Å². The van der Waals surface area contributed by atoms with E-state index in [0.29, 0.717) is 6.04 Å². The topological polar surface area (TPSA) is 21.1 Å². The van der Waals surface area contributed by atoms with Gasteiger partial charge in [-0.15, -0.1) is 11.3 Å². The fourth-order valence-corrected chi connectivity index (χ4v) is 3.25. The highest BCUT2D eigenvalue weighted by molar-refractivity contribution is 7.10. The Hall–Kier alpha value is -1.13. The van der Waals surface area contributed by atoms with E-state index in [-0.39, 0.29) is 0 Å². The summed E-state index contributed by atoms with van der Waals surface area (Å²) in [5.41, 5.74) is 2.63. The van der Waals surface area contributed by atoms with E-state index in [1.807, 2.05) is 29.3 Å². The number of rotatable bonds is 3. The molecule has 1 saturated heterocycles. The second-order valence-electron chi connectivity index (χ2n) is 4.67. The summed E-state index contributed by atoms with van der Waals surface area (Å²) in [5.74, 6) is 0. The van der Waals surface area contributed by atoms with E-state index in [1.54, 1.807) is 0 Å². The van der Waals surface area contributed by atoms with Crippen LogP contribution in [-0.4, -0.2) is 21.2 Å². The molecule has 0 aromatic carbocycles. The van der Waals surface area contributed by atoms with E-state index >= 15 is 0 Å². The van der Waals surface area contributed by atoms with Crippen molar-refractivity contribution < 1.29 is 0 Å². The molecule has 4 heteroatoms. The minimum Gasteiger partial charge on any atom is -0.291 e. The second-order valence-corrected chi connectivity index (χ2v) is 5.65. The molecular weight excluding hydrogens is 230 g/mol. The van der Waals surface area contributed by atoms with Crippen molar-refractivity contribution in [2.24, 2.45) is 7.05 Å². The number of nitrogens with zero attached hydrogens (tertiary/aromatic N) is 3. The number of aromatic nitrogens is 2. The van der Waals surface area contributed by atoms with Gasteiger partial charge in [0.1, 0.15) is 0 Å². The van der Waals surface area contributed by atoms with E-state index < -0.39 is 0 Å². The third-order valence-corrected chi connectivity index (χ3v) is 4.69. The van der Waals surface area contributed by atoms with Crippen LogP contribution in [0.1, 0.15) is 28.6 Å². The minimum atomic E-state index is 0.634. The Labute approximate surface area is 106 Å². The molecule has 1 atom stereocenters. The average molecular weight is 247 g/mol. The Morgan fingerprint density at radius 2 is 2.41 bits per heavy atom. The van der Waals surface area contributed by atoms with Crippen LogP contribution < -0.4 is 0 Å². The lowest BCUT2D eigenvalue weighted by atomic mass is 10.0. The zero-order chi connectivity index (χ0) is 11.8. The standard InChI is InChI=1S/C13H17N3S/c1-10-11(8-14-15(10)2)9-16-6-5-12(16)13-4-3-7-17-13/h3-4,7-8,12H,5-6,9H2,1-2H3/t12-/m0/s1. The highest BCUT2D eigenvalue weighted by atomic mass is 32.1. The van der Waals surface area contributed by atoms with Crippen LogP contribution in [0.3, 0.4) is 0 Å². The van der Waals surface area contributed by atoms with Gasteiger partial charge < -0.3 is 0 Å². The van der Waals surface area contributed by atoms with Gasteiger partial charge in [0.05, 0.1) is 6.20 Å². The van der Waals surface area contributed by atoms with E-state index in [1.165, 1.54) is 29.1 Å². The highest BCUT2D eigenvalue weighted by Crippen LogP contribution is 2.36. The third kappa shape index (κ3) is 1.91. The van der Waals surface area contributed by atoms with E-state index in [0.717, 1.165) is 6.54 Å². The van der Waals surface area contributed by atoms with Crippen molar-refractivity contribution in [1.29, 1.82) is 0 Å². The number of thiophene rings is 1. The van der Waals surface area contributed by atoms with Crippen LogP contribution in [0.2, 0.25) is 0 Å². The van der Waals surface area contributed by atoms with Gasteiger partial charge in [-0.1, -0.05) is 6.07 Å². The summed E-state index contributed by atoms with van der Waals surface area (Å²) in [4.78, 5) is 4.04. The Morgan fingerprint density at radius 3 is 2.94 bits per heavy atom. The fraction of sp³-hybridized carbons (Fsp3) is 0.462. The van der Waals surface area contributed by atoms with Crippen molar-refractivity contribution in [1.82, 2.24) is 14.7 Å². The van der Waals surface area contributed by atoms with Gasteiger partial charge in [0.15, 0.2) is 0 Å². The van der Waals surface area contributed by atoms with E-state index in [2.05, 4.69) is 34.4 Å². The molecule has 3 rings (SSSR count). The number of aryl methyl sites for hydroxylation is 1. The predicted octanol–water partition coefficient (Wildman–Crippen LogP) is 2.74. The first-order valence-corrected chi connectivity index (χ1v) is 6.88. The van der Waals surface area contributed by atoms with Gasteiger partial charge in [0.25, 0.3) is 0 Å². The van der Waals surface area contributed by atoms with Gasteiger partial charge in [0.2, 0.25) is 0 Å². The molecule has 0 aliphatic carbocycles. The highest BCUT2D eigenvalue weighted by Gasteiger charge is 2.30. The van der Waals surface area contributed by atoms with Crippen LogP contribution in [0.15, 0.2) is 23.7 Å². The maximum Gasteiger partial charge on any atom is 0.0537 e. The lowest BCUT2D eigenvalue weighted by Gasteiger charge is -2.40. The lowest BCUT2D eigenvalue weighted by molar-refractivity contribution is 0.0843. The molecule has 1 fully saturated rings. The SMILES string of the molecule is Cc1c(CN2CC[C@H]2c2cccs2)cnn1C. The molecule has 2 aromatic heterocycles. The molecule has 0 spiro atoms. The molecule has 3 heterocycles. The van der Waals surface area contributed by atoms with Gasteiger partial charge in [-0.3, -0.25) is 9.58 Å². The number of hydrogen-bond donors (Lipinski definition) is 0. The molecule has 0 N–H and O–H groups in total. The quantitative estimate of drug-likeness (QED) is 0.831. The summed E-state index contributed by atoms with van der Waals surface area (Å²) in [6.45, 7) is 4.38. The molecule has 1 aliphatic rings. The van der Waals surface area contributed by atoms with Crippen molar-refractivity contribution in [3.63, 3.8) is 0 Å². The molecule has 0 bridgehead atoms. The van der Waals surface area contributed by atoms with Gasteiger partial charge in [-0.2, -0.15) is 5.10 Å². The molecule has 1 aliphatic heterocycles. The van der Waals surface area contributed by atoms with Crippen LogP contribution in [-0.2, 0) is 13.6 Å². The zero-order valence-electron chi connectivity index (χ0n) is 10.3. The maximum atomic E-state index is 4.31. The van der Waals surface area contributed by atoms with Crippen LogP contribution in [0.4, 0.5) is 0 Å². The smallest absolute Gasteiger partial charge is 0.0537 e. The Bertz CT molecular complexity index is 501. The van der Waals surface area contributed by atoms with Gasteiger partial charge in [-0.05, 0) is 24.8 Å². The summed E-state index contributed by atoms with van der Waals surface area (Å²) in [6.07, 6.45) is 3.29. The summed E-state index contributed by atoms with van der Waals surface area (Å²) >= 11 is 1.87. The van der Waals surface area contributed by atoms with Crippen molar-refractivity contribution in [3.8, 4) is 0 Å². The fourth-order valence-electron chi connectivity index (χ4n) is 2.35. The number of likely N-dealkylation sites (tertiary alicyclic amines) is 1. The summed E-state index contributed by atoms with van der Waals surface area (Å²) in [6, 6.07) is 5.03. The first kappa shape index (κ1) is 11.0. The van der Waals surface area contributed by atoms with Gasteiger partial charge >= 0.3 is 0 Å². The number of hydrogen-bond acceptors (Lipinski definition) is 3. The van der Waals surface area contributed by atoms with Crippen LogP contribution >= 0.6 is 11.3 Å². The van der Waals surface area contributed by atoms with Crippen molar-refractivity contribution >= 4 is 11.3 Å². The molecule has 90 valence electrons. The maximum absolute atomic E-state index is 4.31. The first-order valence-electron chi connectivity index (χ1n) is 6.00. The molecule has 17 heavy (non-hydrogen) atoms. The van der Waals surface area contributed by atoms with Crippen LogP contribution in [0.5, 0.6) is 0 Å². The summed E-state index contributed by atoms with van der Waals surface area (Å²) in [7, 11) is 2.01. The summed E-state index contributed by atoms with van der Waals surface area (Å²) in [5, 5.41) is 6.48. The van der Waals surface area contributed by atoms with Crippen molar-refractivity contribution in [3.05, 3.63) is 39.8 Å². The second kappa shape index (κ2) is 4.27.